The Balaban J connectivity index is 1.44. The second kappa shape index (κ2) is 7.88. The molecule has 2 aliphatic heterocycles. The van der Waals surface area contributed by atoms with Gasteiger partial charge in [0, 0.05) is 55.6 Å². The van der Waals surface area contributed by atoms with Gasteiger partial charge < -0.3 is 14.4 Å². The van der Waals surface area contributed by atoms with Crippen LogP contribution in [-0.4, -0.2) is 59.1 Å². The van der Waals surface area contributed by atoms with Gasteiger partial charge in [-0.15, -0.1) is 0 Å². The van der Waals surface area contributed by atoms with Crippen molar-refractivity contribution in [1.29, 1.82) is 0 Å². The summed E-state index contributed by atoms with van der Waals surface area (Å²) in [7, 11) is 0. The Kier molecular flexibility index (Phi) is 4.88. The van der Waals surface area contributed by atoms with Crippen molar-refractivity contribution in [3.63, 3.8) is 0 Å². The predicted octanol–water partition coefficient (Wildman–Crippen LogP) is 3.71. The lowest BCUT2D eigenvalue weighted by Crippen LogP contribution is -2.36. The standard InChI is InChI=1S/C24H29N5O2/c1-16-14-21(28-8-12-31-13-9-28)24-26-22(18-2-3-18)23(29(24)27-16)19-4-5-20(25-15-19)17-6-10-30-11-7-17/h4-5,14-15,17-18H,2-3,6-13H2,1H3. The van der Waals surface area contributed by atoms with Crippen molar-refractivity contribution in [3.05, 3.63) is 41.5 Å². The van der Waals surface area contributed by atoms with E-state index in [2.05, 4.69) is 34.5 Å². The molecule has 7 heteroatoms. The minimum absolute atomic E-state index is 0.501. The van der Waals surface area contributed by atoms with Crippen LogP contribution in [0.15, 0.2) is 24.4 Å². The highest BCUT2D eigenvalue weighted by molar-refractivity contribution is 5.76. The Bertz CT molecular complexity index is 1080. The van der Waals surface area contributed by atoms with Gasteiger partial charge in [0.1, 0.15) is 0 Å². The van der Waals surface area contributed by atoms with Gasteiger partial charge in [-0.3, -0.25) is 4.98 Å². The van der Waals surface area contributed by atoms with Gasteiger partial charge in [0.15, 0.2) is 5.65 Å². The van der Waals surface area contributed by atoms with Crippen LogP contribution in [-0.2, 0) is 9.47 Å². The molecule has 7 nitrogen and oxygen atoms in total. The quantitative estimate of drug-likeness (QED) is 0.642. The number of imidazole rings is 1. The number of aromatic nitrogens is 4. The van der Waals surface area contributed by atoms with E-state index in [1.54, 1.807) is 0 Å². The maximum Gasteiger partial charge on any atom is 0.178 e. The Morgan fingerprint density at radius 2 is 1.71 bits per heavy atom. The number of morpholine rings is 1. The molecular weight excluding hydrogens is 390 g/mol. The molecule has 0 radical (unpaired) electrons. The topological polar surface area (TPSA) is 64.8 Å². The van der Waals surface area contributed by atoms with Gasteiger partial charge in [0.2, 0.25) is 0 Å². The normalized spacial score (nSPS) is 20.5. The monoisotopic (exact) mass is 419 g/mol. The number of fused-ring (bicyclic) bond motifs is 1. The first-order valence-electron chi connectivity index (χ1n) is 11.5. The van der Waals surface area contributed by atoms with Crippen LogP contribution in [0.5, 0.6) is 0 Å². The van der Waals surface area contributed by atoms with Crippen molar-refractivity contribution in [2.24, 2.45) is 0 Å². The van der Waals surface area contributed by atoms with E-state index in [1.165, 1.54) is 24.2 Å². The molecule has 0 unspecified atom stereocenters. The van der Waals surface area contributed by atoms with Crippen LogP contribution in [0.2, 0.25) is 0 Å². The van der Waals surface area contributed by atoms with Crippen LogP contribution in [0.3, 0.4) is 0 Å². The first-order chi connectivity index (χ1) is 15.3. The highest BCUT2D eigenvalue weighted by Crippen LogP contribution is 2.45. The first kappa shape index (κ1) is 19.2. The third-order valence-corrected chi connectivity index (χ3v) is 6.73. The Hall–Kier alpha value is -2.51. The van der Waals surface area contributed by atoms with Crippen molar-refractivity contribution in [2.75, 3.05) is 44.4 Å². The SMILES string of the molecule is Cc1cc(N2CCOCC2)c2nc(C3CC3)c(-c3ccc(C4CCOCC4)nc3)n2n1. The van der Waals surface area contributed by atoms with E-state index in [0.29, 0.717) is 11.8 Å². The molecule has 5 heterocycles. The van der Waals surface area contributed by atoms with Crippen LogP contribution in [0.25, 0.3) is 16.9 Å². The molecule has 31 heavy (non-hydrogen) atoms. The van der Waals surface area contributed by atoms with E-state index in [0.717, 1.165) is 80.6 Å². The number of pyridine rings is 1. The molecule has 3 aliphatic rings. The molecule has 0 atom stereocenters. The second-order valence-electron chi connectivity index (χ2n) is 8.98. The van der Waals surface area contributed by atoms with E-state index < -0.39 is 0 Å². The fraction of sp³-hybridized carbons (Fsp3) is 0.542. The molecule has 0 spiro atoms. The van der Waals surface area contributed by atoms with E-state index in [9.17, 15) is 0 Å². The van der Waals surface area contributed by atoms with Crippen LogP contribution < -0.4 is 4.90 Å². The average Bonchev–Trinajstić information content (AvgIpc) is 3.60. The van der Waals surface area contributed by atoms with Gasteiger partial charge in [-0.25, -0.2) is 9.50 Å². The summed E-state index contributed by atoms with van der Waals surface area (Å²) in [5, 5.41) is 4.90. The molecule has 0 bridgehead atoms. The Labute approximate surface area is 182 Å². The third-order valence-electron chi connectivity index (χ3n) is 6.73. The lowest BCUT2D eigenvalue weighted by molar-refractivity contribution is 0.0845. The fourth-order valence-corrected chi connectivity index (χ4v) is 4.87. The summed E-state index contributed by atoms with van der Waals surface area (Å²) >= 11 is 0. The minimum Gasteiger partial charge on any atom is -0.381 e. The molecule has 6 rings (SSSR count). The number of aryl methyl sites for hydroxylation is 1. The predicted molar refractivity (Wildman–Crippen MR) is 119 cm³/mol. The number of hydrogen-bond donors (Lipinski definition) is 0. The van der Waals surface area contributed by atoms with E-state index >= 15 is 0 Å². The second-order valence-corrected chi connectivity index (χ2v) is 8.98. The summed E-state index contributed by atoms with van der Waals surface area (Å²) in [5.74, 6) is 1.03. The molecule has 0 amide bonds. The lowest BCUT2D eigenvalue weighted by atomic mass is 9.95. The highest BCUT2D eigenvalue weighted by atomic mass is 16.5. The van der Waals surface area contributed by atoms with Crippen molar-refractivity contribution in [3.8, 4) is 11.3 Å². The summed E-state index contributed by atoms with van der Waals surface area (Å²) < 4.78 is 13.2. The molecule has 1 saturated carbocycles. The Morgan fingerprint density at radius 1 is 0.935 bits per heavy atom. The molecule has 162 valence electrons. The number of nitrogens with zero attached hydrogens (tertiary/aromatic N) is 5. The van der Waals surface area contributed by atoms with Gasteiger partial charge in [0.25, 0.3) is 0 Å². The zero-order valence-electron chi connectivity index (χ0n) is 18.1. The Morgan fingerprint density at radius 3 is 2.42 bits per heavy atom. The molecule has 2 saturated heterocycles. The van der Waals surface area contributed by atoms with E-state index in [1.807, 2.05) is 6.20 Å². The zero-order valence-corrected chi connectivity index (χ0v) is 18.1. The number of anilines is 1. The third kappa shape index (κ3) is 3.59. The van der Waals surface area contributed by atoms with Gasteiger partial charge >= 0.3 is 0 Å². The average molecular weight is 420 g/mol. The van der Waals surface area contributed by atoms with Crippen molar-refractivity contribution in [2.45, 2.75) is 44.4 Å². The molecule has 3 aromatic heterocycles. The molecule has 1 aliphatic carbocycles. The summed E-state index contributed by atoms with van der Waals surface area (Å²) in [6, 6.07) is 6.58. The van der Waals surface area contributed by atoms with Crippen LogP contribution in [0.4, 0.5) is 5.69 Å². The van der Waals surface area contributed by atoms with Crippen molar-refractivity contribution in [1.82, 2.24) is 19.6 Å². The van der Waals surface area contributed by atoms with Gasteiger partial charge in [-0.05, 0) is 50.8 Å². The summed E-state index contributed by atoms with van der Waals surface area (Å²) in [4.78, 5) is 12.4. The van der Waals surface area contributed by atoms with Crippen molar-refractivity contribution >= 4 is 11.3 Å². The molecule has 0 aromatic carbocycles. The number of rotatable bonds is 4. The smallest absolute Gasteiger partial charge is 0.178 e. The van der Waals surface area contributed by atoms with Crippen LogP contribution in [0.1, 0.15) is 54.6 Å². The summed E-state index contributed by atoms with van der Waals surface area (Å²) in [6.07, 6.45) is 6.54. The lowest BCUT2D eigenvalue weighted by Gasteiger charge is -2.29. The summed E-state index contributed by atoms with van der Waals surface area (Å²) in [6.45, 7) is 7.03. The first-order valence-corrected chi connectivity index (χ1v) is 11.5. The number of ether oxygens (including phenoxy) is 2. The number of hydrogen-bond acceptors (Lipinski definition) is 6. The van der Waals surface area contributed by atoms with E-state index in [4.69, 9.17) is 24.5 Å². The maximum atomic E-state index is 5.57. The molecule has 3 fully saturated rings. The molecule has 0 N–H and O–H groups in total. The van der Waals surface area contributed by atoms with Crippen LogP contribution in [0, 0.1) is 6.92 Å². The summed E-state index contributed by atoms with van der Waals surface area (Å²) in [5.41, 5.74) is 7.69. The fourth-order valence-electron chi connectivity index (χ4n) is 4.87. The maximum absolute atomic E-state index is 5.57. The zero-order chi connectivity index (χ0) is 20.8. The van der Waals surface area contributed by atoms with Gasteiger partial charge in [-0.1, -0.05) is 0 Å². The van der Waals surface area contributed by atoms with E-state index in [-0.39, 0.29) is 0 Å². The van der Waals surface area contributed by atoms with Gasteiger partial charge in [0.05, 0.1) is 36.0 Å². The highest BCUT2D eigenvalue weighted by Gasteiger charge is 2.32. The molecular formula is C24H29N5O2. The molecule has 3 aromatic rings. The van der Waals surface area contributed by atoms with Crippen molar-refractivity contribution < 1.29 is 9.47 Å². The van der Waals surface area contributed by atoms with Crippen LogP contribution >= 0.6 is 0 Å². The minimum atomic E-state index is 0.501. The van der Waals surface area contributed by atoms with Gasteiger partial charge in [-0.2, -0.15) is 5.10 Å². The largest absolute Gasteiger partial charge is 0.381 e.